The Morgan fingerprint density at radius 2 is 1.59 bits per heavy atom. The minimum Gasteiger partial charge on any atom is -0.465 e. The minimum atomic E-state index is -1.26. The van der Waals surface area contributed by atoms with Gasteiger partial charge >= 0.3 is 6.09 Å². The van der Waals surface area contributed by atoms with Crippen molar-refractivity contribution in [3.63, 3.8) is 0 Å². The molecule has 1 aliphatic rings. The van der Waals surface area contributed by atoms with Crippen molar-refractivity contribution in [3.8, 4) is 0 Å². The molecule has 0 radical (unpaired) electrons. The highest BCUT2D eigenvalue weighted by Gasteiger charge is 2.42. The number of hydrogen-bond donors (Lipinski definition) is 1. The van der Waals surface area contributed by atoms with Gasteiger partial charge in [-0.05, 0) is 50.6 Å². The van der Waals surface area contributed by atoms with Crippen molar-refractivity contribution in [2.24, 2.45) is 0 Å². The van der Waals surface area contributed by atoms with Gasteiger partial charge in [0, 0.05) is 12.1 Å². The molecule has 3 amide bonds. The van der Waals surface area contributed by atoms with Crippen molar-refractivity contribution in [2.75, 3.05) is 6.54 Å². The van der Waals surface area contributed by atoms with E-state index >= 15 is 0 Å². The monoisotopic (exact) mass is 402 g/mol. The summed E-state index contributed by atoms with van der Waals surface area (Å²) >= 11 is 0. The van der Waals surface area contributed by atoms with Crippen molar-refractivity contribution in [1.29, 1.82) is 0 Å². The number of fused-ring (bicyclic) bond motifs is 1. The Labute approximate surface area is 166 Å². The Kier molecular flexibility index (Phi) is 5.13. The lowest BCUT2D eigenvalue weighted by Crippen LogP contribution is -2.50. The molecule has 2 aromatic carbocycles. The minimum absolute atomic E-state index is 0.119. The molecule has 29 heavy (non-hydrogen) atoms. The average molecular weight is 402 g/mol. The van der Waals surface area contributed by atoms with Crippen LogP contribution in [0.1, 0.15) is 53.1 Å². The quantitative estimate of drug-likeness (QED) is 0.782. The molecule has 1 heterocycles. The average Bonchev–Trinajstić information content (AvgIpc) is 2.89. The van der Waals surface area contributed by atoms with E-state index < -0.39 is 41.1 Å². The van der Waals surface area contributed by atoms with E-state index in [1.54, 1.807) is 32.9 Å². The Hall–Kier alpha value is -3.29. The second-order valence-electron chi connectivity index (χ2n) is 7.78. The second-order valence-corrected chi connectivity index (χ2v) is 7.78. The lowest BCUT2D eigenvalue weighted by atomic mass is 10.0. The zero-order chi connectivity index (χ0) is 21.5. The highest BCUT2D eigenvalue weighted by molar-refractivity contribution is 6.21. The predicted molar refractivity (Wildman–Crippen MR) is 101 cm³/mol. The SMILES string of the molecule is CC(C)(C)N(CC(c1ccc(F)c(F)c1)N1C(=O)c2ccccc2C1=O)C(=O)O. The molecule has 1 N–H and O–H groups in total. The van der Waals surface area contributed by atoms with Gasteiger partial charge in [-0.25, -0.2) is 13.6 Å². The normalized spacial score (nSPS) is 14.7. The zero-order valence-corrected chi connectivity index (χ0v) is 16.1. The molecule has 0 aliphatic carbocycles. The maximum atomic E-state index is 13.9. The van der Waals surface area contributed by atoms with Gasteiger partial charge in [-0.15, -0.1) is 0 Å². The van der Waals surface area contributed by atoms with Gasteiger partial charge in [-0.3, -0.25) is 14.5 Å². The molecule has 0 saturated carbocycles. The van der Waals surface area contributed by atoms with Crippen LogP contribution in [0.5, 0.6) is 0 Å². The first-order chi connectivity index (χ1) is 13.5. The Morgan fingerprint density at radius 1 is 1.03 bits per heavy atom. The van der Waals surface area contributed by atoms with Gasteiger partial charge < -0.3 is 10.0 Å². The van der Waals surface area contributed by atoms with Crippen LogP contribution in [0.15, 0.2) is 42.5 Å². The number of rotatable bonds is 4. The molecule has 0 spiro atoms. The highest BCUT2D eigenvalue weighted by atomic mass is 19.2. The van der Waals surface area contributed by atoms with E-state index in [2.05, 4.69) is 0 Å². The molecule has 0 saturated heterocycles. The van der Waals surface area contributed by atoms with Gasteiger partial charge in [-0.2, -0.15) is 0 Å². The van der Waals surface area contributed by atoms with E-state index in [9.17, 15) is 28.3 Å². The van der Waals surface area contributed by atoms with Gasteiger partial charge in [0.1, 0.15) is 0 Å². The molecule has 0 bridgehead atoms. The number of benzene rings is 2. The third-order valence-electron chi connectivity index (χ3n) is 4.86. The number of carbonyl (C=O) groups excluding carboxylic acids is 2. The van der Waals surface area contributed by atoms with Gasteiger partial charge in [0.15, 0.2) is 11.6 Å². The maximum absolute atomic E-state index is 13.9. The fraction of sp³-hybridized carbons (Fsp3) is 0.286. The maximum Gasteiger partial charge on any atom is 0.407 e. The first-order valence-corrected chi connectivity index (χ1v) is 8.95. The number of imide groups is 1. The zero-order valence-electron chi connectivity index (χ0n) is 16.1. The molecule has 1 atom stereocenters. The predicted octanol–water partition coefficient (Wildman–Crippen LogP) is 4.08. The van der Waals surface area contributed by atoms with Crippen LogP contribution in [0.4, 0.5) is 13.6 Å². The molecule has 2 aromatic rings. The number of amides is 3. The summed E-state index contributed by atoms with van der Waals surface area (Å²) in [5.41, 5.74) is -0.374. The molecular formula is C21H20F2N2O4. The standard InChI is InChI=1S/C21H20F2N2O4/c1-21(2,3)24(20(28)29)11-17(12-8-9-15(22)16(23)10-12)25-18(26)13-6-4-5-7-14(13)19(25)27/h4-10,17H,11H2,1-3H3,(H,28,29). The molecule has 6 nitrogen and oxygen atoms in total. The fourth-order valence-electron chi connectivity index (χ4n) is 3.36. The number of nitrogens with zero attached hydrogens (tertiary/aromatic N) is 2. The van der Waals surface area contributed by atoms with Gasteiger partial charge in [0.2, 0.25) is 0 Å². The number of carbonyl (C=O) groups is 3. The van der Waals surface area contributed by atoms with Crippen molar-refractivity contribution in [1.82, 2.24) is 9.80 Å². The summed E-state index contributed by atoms with van der Waals surface area (Å²) in [5, 5.41) is 9.66. The molecular weight excluding hydrogens is 382 g/mol. The first-order valence-electron chi connectivity index (χ1n) is 8.95. The lowest BCUT2D eigenvalue weighted by molar-refractivity contribution is 0.0456. The third-order valence-corrected chi connectivity index (χ3v) is 4.86. The van der Waals surface area contributed by atoms with E-state index in [1.807, 2.05) is 0 Å². The number of carboxylic acid groups (broad SMARTS) is 1. The summed E-state index contributed by atoms with van der Waals surface area (Å²) in [7, 11) is 0. The smallest absolute Gasteiger partial charge is 0.407 e. The Morgan fingerprint density at radius 3 is 2.03 bits per heavy atom. The fourth-order valence-corrected chi connectivity index (χ4v) is 3.36. The van der Waals surface area contributed by atoms with Crippen LogP contribution >= 0.6 is 0 Å². The van der Waals surface area contributed by atoms with Crippen LogP contribution in [0.25, 0.3) is 0 Å². The van der Waals surface area contributed by atoms with Crippen LogP contribution in [-0.2, 0) is 0 Å². The molecule has 1 aliphatic heterocycles. The van der Waals surface area contributed by atoms with Crippen molar-refractivity contribution >= 4 is 17.9 Å². The molecule has 3 rings (SSSR count). The summed E-state index contributed by atoms with van der Waals surface area (Å²) in [6.07, 6.45) is -1.26. The highest BCUT2D eigenvalue weighted by Crippen LogP contribution is 2.34. The van der Waals surface area contributed by atoms with Crippen LogP contribution in [0.3, 0.4) is 0 Å². The van der Waals surface area contributed by atoms with E-state index in [0.29, 0.717) is 0 Å². The Bertz CT molecular complexity index is 965. The van der Waals surface area contributed by atoms with Crippen LogP contribution in [0.2, 0.25) is 0 Å². The lowest BCUT2D eigenvalue weighted by Gasteiger charge is -2.38. The number of halogens is 2. The van der Waals surface area contributed by atoms with Gasteiger partial charge in [0.25, 0.3) is 11.8 Å². The summed E-state index contributed by atoms with van der Waals surface area (Å²) in [5.74, 6) is -3.46. The number of hydrogen-bond acceptors (Lipinski definition) is 3. The van der Waals surface area contributed by atoms with Crippen molar-refractivity contribution in [2.45, 2.75) is 32.4 Å². The second kappa shape index (κ2) is 7.27. The molecule has 1 unspecified atom stereocenters. The van der Waals surface area contributed by atoms with Crippen molar-refractivity contribution in [3.05, 3.63) is 70.8 Å². The molecule has 0 fully saturated rings. The molecule has 8 heteroatoms. The van der Waals surface area contributed by atoms with E-state index in [4.69, 9.17) is 0 Å². The molecule has 152 valence electrons. The Balaban J connectivity index is 2.11. The van der Waals surface area contributed by atoms with Crippen LogP contribution < -0.4 is 0 Å². The summed E-state index contributed by atoms with van der Waals surface area (Å²) in [6.45, 7) is 4.68. The van der Waals surface area contributed by atoms with Gasteiger partial charge in [0.05, 0.1) is 17.2 Å². The van der Waals surface area contributed by atoms with E-state index in [1.165, 1.54) is 18.2 Å². The third kappa shape index (κ3) is 3.70. The van der Waals surface area contributed by atoms with Crippen molar-refractivity contribution < 1.29 is 28.3 Å². The van der Waals surface area contributed by atoms with Crippen LogP contribution in [-0.4, -0.2) is 44.9 Å². The molecule has 0 aromatic heterocycles. The first kappa shape index (κ1) is 20.4. The summed E-state index contributed by atoms with van der Waals surface area (Å²) in [4.78, 5) is 39.7. The van der Waals surface area contributed by atoms with E-state index in [-0.39, 0.29) is 23.2 Å². The topological polar surface area (TPSA) is 77.9 Å². The summed E-state index contributed by atoms with van der Waals surface area (Å²) < 4.78 is 27.4. The largest absolute Gasteiger partial charge is 0.465 e. The van der Waals surface area contributed by atoms with Gasteiger partial charge in [-0.1, -0.05) is 18.2 Å². The summed E-state index contributed by atoms with van der Waals surface area (Å²) in [6, 6.07) is 8.09. The van der Waals surface area contributed by atoms with Crippen LogP contribution in [0, 0.1) is 11.6 Å². The van der Waals surface area contributed by atoms with E-state index in [0.717, 1.165) is 21.9 Å².